The monoisotopic (exact) mass is 355 g/mol. The second-order valence-corrected chi connectivity index (χ2v) is 7.59. The maximum atomic E-state index is 12.6. The van der Waals surface area contributed by atoms with E-state index in [2.05, 4.69) is 10.4 Å². The minimum atomic E-state index is -0.574. The molecule has 1 N–H and O–H groups in total. The Labute approximate surface area is 153 Å². The third kappa shape index (κ3) is 3.79. The zero-order valence-electron chi connectivity index (χ0n) is 15.8. The molecule has 0 aliphatic heterocycles. The van der Waals surface area contributed by atoms with Crippen LogP contribution < -0.4 is 5.32 Å². The SMILES string of the molecule is Cc1ccccc1-n1nc(C(=O)NCC(=O)OC(C)(C)C)c2c1CCC2. The molecule has 0 saturated heterocycles. The number of hydrogen-bond acceptors (Lipinski definition) is 4. The second-order valence-electron chi connectivity index (χ2n) is 7.59. The molecule has 1 aliphatic rings. The first-order valence-electron chi connectivity index (χ1n) is 8.93. The van der Waals surface area contributed by atoms with Gasteiger partial charge in [0.2, 0.25) is 0 Å². The lowest BCUT2D eigenvalue weighted by Gasteiger charge is -2.19. The van der Waals surface area contributed by atoms with Gasteiger partial charge in [0.1, 0.15) is 12.1 Å². The lowest BCUT2D eigenvalue weighted by atomic mass is 10.2. The van der Waals surface area contributed by atoms with Gasteiger partial charge in [-0.1, -0.05) is 18.2 Å². The molecule has 1 heterocycles. The van der Waals surface area contributed by atoms with Gasteiger partial charge in [-0.15, -0.1) is 0 Å². The Morgan fingerprint density at radius 1 is 1.23 bits per heavy atom. The summed E-state index contributed by atoms with van der Waals surface area (Å²) < 4.78 is 7.10. The van der Waals surface area contributed by atoms with Gasteiger partial charge in [-0.05, 0) is 58.6 Å². The summed E-state index contributed by atoms with van der Waals surface area (Å²) in [6, 6.07) is 7.98. The maximum absolute atomic E-state index is 12.6. The van der Waals surface area contributed by atoms with Gasteiger partial charge >= 0.3 is 5.97 Å². The summed E-state index contributed by atoms with van der Waals surface area (Å²) in [6.45, 7) is 7.25. The van der Waals surface area contributed by atoms with Gasteiger partial charge in [-0.25, -0.2) is 4.68 Å². The maximum Gasteiger partial charge on any atom is 0.325 e. The van der Waals surface area contributed by atoms with Gasteiger partial charge < -0.3 is 10.1 Å². The van der Waals surface area contributed by atoms with Crippen molar-refractivity contribution < 1.29 is 14.3 Å². The zero-order chi connectivity index (χ0) is 18.9. The highest BCUT2D eigenvalue weighted by Gasteiger charge is 2.27. The van der Waals surface area contributed by atoms with Crippen LogP contribution in [-0.4, -0.2) is 33.8 Å². The number of fused-ring (bicyclic) bond motifs is 1. The Kier molecular flexibility index (Phi) is 4.85. The van der Waals surface area contributed by atoms with Gasteiger partial charge in [-0.2, -0.15) is 5.10 Å². The smallest absolute Gasteiger partial charge is 0.325 e. The Morgan fingerprint density at radius 3 is 2.65 bits per heavy atom. The summed E-state index contributed by atoms with van der Waals surface area (Å²) in [6.07, 6.45) is 2.73. The van der Waals surface area contributed by atoms with Crippen molar-refractivity contribution in [3.05, 3.63) is 46.8 Å². The summed E-state index contributed by atoms with van der Waals surface area (Å²) in [7, 11) is 0. The van der Waals surface area contributed by atoms with E-state index in [1.165, 1.54) is 0 Å². The van der Waals surface area contributed by atoms with Crippen LogP contribution in [0.4, 0.5) is 0 Å². The number of carbonyl (C=O) groups is 2. The summed E-state index contributed by atoms with van der Waals surface area (Å²) >= 11 is 0. The average molecular weight is 355 g/mol. The molecule has 1 aliphatic carbocycles. The number of aromatic nitrogens is 2. The number of esters is 1. The fourth-order valence-corrected chi connectivity index (χ4v) is 3.23. The summed E-state index contributed by atoms with van der Waals surface area (Å²) in [5.41, 5.74) is 3.98. The summed E-state index contributed by atoms with van der Waals surface area (Å²) in [4.78, 5) is 24.4. The van der Waals surface area contributed by atoms with Crippen LogP contribution in [0.15, 0.2) is 24.3 Å². The van der Waals surface area contributed by atoms with Crippen molar-refractivity contribution in [1.29, 1.82) is 0 Å². The number of benzene rings is 1. The van der Waals surface area contributed by atoms with E-state index in [9.17, 15) is 9.59 Å². The number of amides is 1. The van der Waals surface area contributed by atoms with E-state index < -0.39 is 11.6 Å². The van der Waals surface area contributed by atoms with Gasteiger partial charge in [0, 0.05) is 11.3 Å². The van der Waals surface area contributed by atoms with Crippen LogP contribution in [0, 0.1) is 6.92 Å². The molecule has 0 unspecified atom stereocenters. The second kappa shape index (κ2) is 6.94. The Hall–Kier alpha value is -2.63. The molecule has 2 aromatic rings. The van der Waals surface area contributed by atoms with E-state index in [4.69, 9.17) is 4.74 Å². The topological polar surface area (TPSA) is 73.2 Å². The number of carbonyl (C=O) groups excluding carboxylic acids is 2. The molecule has 0 fully saturated rings. The van der Waals surface area contributed by atoms with Crippen LogP contribution in [0.25, 0.3) is 5.69 Å². The third-order valence-electron chi connectivity index (χ3n) is 4.30. The van der Waals surface area contributed by atoms with Crippen LogP contribution in [-0.2, 0) is 22.4 Å². The van der Waals surface area contributed by atoms with Crippen LogP contribution in [0.1, 0.15) is 54.5 Å². The fraction of sp³-hybridized carbons (Fsp3) is 0.450. The van der Waals surface area contributed by atoms with Crippen LogP contribution >= 0.6 is 0 Å². The summed E-state index contributed by atoms with van der Waals surface area (Å²) in [5.74, 6) is -0.790. The van der Waals surface area contributed by atoms with Gasteiger partial charge in [-0.3, -0.25) is 9.59 Å². The lowest BCUT2D eigenvalue weighted by molar-refractivity contribution is -0.153. The van der Waals surface area contributed by atoms with Crippen molar-refractivity contribution >= 4 is 11.9 Å². The van der Waals surface area contributed by atoms with Gasteiger partial charge in [0.05, 0.1) is 5.69 Å². The molecule has 3 rings (SSSR count). The molecular weight excluding hydrogens is 330 g/mol. The number of rotatable bonds is 4. The molecule has 1 aromatic carbocycles. The lowest BCUT2D eigenvalue weighted by Crippen LogP contribution is -2.35. The van der Waals surface area contributed by atoms with Crippen molar-refractivity contribution in [2.45, 2.75) is 52.6 Å². The predicted molar refractivity (Wildman–Crippen MR) is 98.5 cm³/mol. The van der Waals surface area contributed by atoms with E-state index in [0.29, 0.717) is 5.69 Å². The molecule has 1 aromatic heterocycles. The standard InChI is InChI=1S/C20H25N3O3/c1-13-8-5-6-10-15(13)23-16-11-7-9-14(16)18(22-23)19(25)21-12-17(24)26-20(2,3)4/h5-6,8,10H,7,9,11-12H2,1-4H3,(H,21,25). The van der Waals surface area contributed by atoms with E-state index in [1.807, 2.05) is 35.9 Å². The van der Waals surface area contributed by atoms with E-state index in [1.54, 1.807) is 20.8 Å². The summed E-state index contributed by atoms with van der Waals surface area (Å²) in [5, 5.41) is 7.21. The van der Waals surface area contributed by atoms with Crippen LogP contribution in [0.3, 0.4) is 0 Å². The fourth-order valence-electron chi connectivity index (χ4n) is 3.23. The molecule has 6 heteroatoms. The van der Waals surface area contributed by atoms with E-state index in [0.717, 1.165) is 41.8 Å². The molecule has 0 bridgehead atoms. The van der Waals surface area contributed by atoms with Crippen molar-refractivity contribution in [1.82, 2.24) is 15.1 Å². The van der Waals surface area contributed by atoms with Crippen molar-refractivity contribution in [2.75, 3.05) is 6.54 Å². The molecular formula is C20H25N3O3. The Balaban J connectivity index is 1.81. The van der Waals surface area contributed by atoms with E-state index in [-0.39, 0.29) is 12.5 Å². The van der Waals surface area contributed by atoms with Crippen molar-refractivity contribution in [3.8, 4) is 5.69 Å². The van der Waals surface area contributed by atoms with Gasteiger partial charge in [0.25, 0.3) is 5.91 Å². The molecule has 26 heavy (non-hydrogen) atoms. The Bertz CT molecular complexity index is 846. The van der Waals surface area contributed by atoms with Crippen LogP contribution in [0.5, 0.6) is 0 Å². The molecule has 0 spiro atoms. The average Bonchev–Trinajstić information content (AvgIpc) is 3.14. The number of para-hydroxylation sites is 1. The first-order chi connectivity index (χ1) is 12.3. The first kappa shape index (κ1) is 18.2. The van der Waals surface area contributed by atoms with Crippen molar-refractivity contribution in [2.24, 2.45) is 0 Å². The predicted octanol–water partition coefficient (Wildman–Crippen LogP) is 2.74. The zero-order valence-corrected chi connectivity index (χ0v) is 15.8. The number of nitrogens with zero attached hydrogens (tertiary/aromatic N) is 2. The normalized spacial score (nSPS) is 13.4. The van der Waals surface area contributed by atoms with Gasteiger partial charge in [0.15, 0.2) is 5.69 Å². The Morgan fingerprint density at radius 2 is 1.96 bits per heavy atom. The highest BCUT2D eigenvalue weighted by atomic mass is 16.6. The highest BCUT2D eigenvalue weighted by molar-refractivity contribution is 5.96. The number of nitrogens with one attached hydrogen (secondary N) is 1. The largest absolute Gasteiger partial charge is 0.459 e. The number of aryl methyl sites for hydroxylation is 1. The number of hydrogen-bond donors (Lipinski definition) is 1. The third-order valence-corrected chi connectivity index (χ3v) is 4.30. The molecule has 6 nitrogen and oxygen atoms in total. The minimum absolute atomic E-state index is 0.165. The molecule has 0 atom stereocenters. The molecule has 0 saturated carbocycles. The van der Waals surface area contributed by atoms with E-state index >= 15 is 0 Å². The number of ether oxygens (including phenoxy) is 1. The highest BCUT2D eigenvalue weighted by Crippen LogP contribution is 2.28. The van der Waals surface area contributed by atoms with Crippen LogP contribution in [0.2, 0.25) is 0 Å². The quantitative estimate of drug-likeness (QED) is 0.856. The minimum Gasteiger partial charge on any atom is -0.459 e. The van der Waals surface area contributed by atoms with Crippen molar-refractivity contribution in [3.63, 3.8) is 0 Å². The molecule has 0 radical (unpaired) electrons. The first-order valence-corrected chi connectivity index (χ1v) is 8.93. The molecule has 138 valence electrons. The molecule has 1 amide bonds.